The third-order valence-corrected chi connectivity index (χ3v) is 4.03. The van der Waals surface area contributed by atoms with E-state index in [0.717, 1.165) is 24.8 Å². The van der Waals surface area contributed by atoms with Crippen molar-refractivity contribution < 1.29 is 0 Å². The molecule has 1 aliphatic rings. The van der Waals surface area contributed by atoms with Gasteiger partial charge in [0.05, 0.1) is 5.84 Å². The fraction of sp³-hybridized carbons (Fsp3) is 0.923. The van der Waals surface area contributed by atoms with Gasteiger partial charge in [-0.3, -0.25) is 5.41 Å². The van der Waals surface area contributed by atoms with Crippen molar-refractivity contribution in [1.82, 2.24) is 4.90 Å². The molecule has 1 aliphatic heterocycles. The van der Waals surface area contributed by atoms with Gasteiger partial charge in [-0.05, 0) is 37.8 Å². The molecule has 0 spiro atoms. The highest BCUT2D eigenvalue weighted by Gasteiger charge is 2.27. The van der Waals surface area contributed by atoms with E-state index in [4.69, 9.17) is 11.1 Å². The van der Waals surface area contributed by atoms with Crippen LogP contribution in [0, 0.1) is 22.7 Å². The smallest absolute Gasteiger partial charge is 0.0963 e. The summed E-state index contributed by atoms with van der Waals surface area (Å²) in [6.07, 6.45) is 2.32. The summed E-state index contributed by atoms with van der Waals surface area (Å²) in [6.45, 7) is 12.3. The van der Waals surface area contributed by atoms with E-state index >= 15 is 0 Å². The molecule has 0 saturated carbocycles. The highest BCUT2D eigenvalue weighted by Crippen LogP contribution is 2.26. The second-order valence-corrected chi connectivity index (χ2v) is 6.14. The maximum Gasteiger partial charge on any atom is 0.0963 e. The Labute approximate surface area is 99.9 Å². The summed E-state index contributed by atoms with van der Waals surface area (Å²) < 4.78 is 0. The lowest BCUT2D eigenvalue weighted by Crippen LogP contribution is -2.35. The molecule has 0 aromatic heterocycles. The minimum absolute atomic E-state index is 0.143. The first-order chi connectivity index (χ1) is 7.33. The van der Waals surface area contributed by atoms with Crippen molar-refractivity contribution in [3.63, 3.8) is 0 Å². The summed E-state index contributed by atoms with van der Waals surface area (Å²) in [5.74, 6) is 1.97. The monoisotopic (exact) mass is 225 g/mol. The summed E-state index contributed by atoms with van der Waals surface area (Å²) in [7, 11) is 0. The molecule has 3 N–H and O–H groups in total. The minimum Gasteiger partial charge on any atom is -0.387 e. The molecule has 1 atom stereocenters. The van der Waals surface area contributed by atoms with E-state index in [9.17, 15) is 0 Å². The van der Waals surface area contributed by atoms with Gasteiger partial charge >= 0.3 is 0 Å². The van der Waals surface area contributed by atoms with E-state index in [1.54, 1.807) is 0 Å². The van der Waals surface area contributed by atoms with Crippen molar-refractivity contribution in [1.29, 1.82) is 5.41 Å². The van der Waals surface area contributed by atoms with Crippen LogP contribution in [0.2, 0.25) is 0 Å². The number of likely N-dealkylation sites (tertiary alicyclic amines) is 1. The van der Waals surface area contributed by atoms with Crippen LogP contribution < -0.4 is 5.73 Å². The highest BCUT2D eigenvalue weighted by atomic mass is 15.1. The minimum atomic E-state index is -0.143. The lowest BCUT2D eigenvalue weighted by atomic mass is 9.88. The van der Waals surface area contributed by atoms with Crippen molar-refractivity contribution in [3.05, 3.63) is 0 Å². The summed E-state index contributed by atoms with van der Waals surface area (Å²) in [4.78, 5) is 2.52. The molecule has 0 amide bonds. The number of hydrogen-bond acceptors (Lipinski definition) is 2. The summed E-state index contributed by atoms with van der Waals surface area (Å²) >= 11 is 0. The molecule has 0 bridgehead atoms. The van der Waals surface area contributed by atoms with E-state index in [0.29, 0.717) is 5.84 Å². The van der Waals surface area contributed by atoms with Gasteiger partial charge in [-0.25, -0.2) is 0 Å². The molecule has 1 unspecified atom stereocenters. The van der Waals surface area contributed by atoms with Crippen LogP contribution in [-0.2, 0) is 0 Å². The second kappa shape index (κ2) is 5.17. The Hall–Kier alpha value is -0.570. The normalized spacial score (nSPS) is 22.9. The van der Waals surface area contributed by atoms with Crippen LogP contribution in [-0.4, -0.2) is 30.4 Å². The van der Waals surface area contributed by atoms with E-state index in [2.05, 4.69) is 32.6 Å². The van der Waals surface area contributed by atoms with Crippen molar-refractivity contribution >= 4 is 5.84 Å². The number of amidine groups is 1. The highest BCUT2D eigenvalue weighted by molar-refractivity contribution is 5.82. The van der Waals surface area contributed by atoms with Crippen LogP contribution in [0.25, 0.3) is 0 Å². The van der Waals surface area contributed by atoms with Crippen LogP contribution in [0.15, 0.2) is 0 Å². The molecule has 3 heteroatoms. The number of nitrogens with zero attached hydrogens (tertiary/aromatic N) is 1. The molecule has 94 valence electrons. The Kier molecular flexibility index (Phi) is 4.36. The van der Waals surface area contributed by atoms with E-state index in [1.807, 2.05) is 0 Å². The maximum atomic E-state index is 7.54. The zero-order valence-corrected chi connectivity index (χ0v) is 11.2. The average Bonchev–Trinajstić information content (AvgIpc) is 2.63. The van der Waals surface area contributed by atoms with Gasteiger partial charge < -0.3 is 10.6 Å². The van der Waals surface area contributed by atoms with Crippen LogP contribution in [0.4, 0.5) is 0 Å². The zero-order chi connectivity index (χ0) is 12.3. The van der Waals surface area contributed by atoms with Crippen molar-refractivity contribution in [2.45, 2.75) is 40.5 Å². The third-order valence-electron chi connectivity index (χ3n) is 4.03. The van der Waals surface area contributed by atoms with Gasteiger partial charge in [-0.15, -0.1) is 0 Å². The Morgan fingerprint density at radius 2 is 2.12 bits per heavy atom. The molecule has 1 fully saturated rings. The van der Waals surface area contributed by atoms with Crippen LogP contribution in [0.1, 0.15) is 40.5 Å². The van der Waals surface area contributed by atoms with Gasteiger partial charge in [0.1, 0.15) is 0 Å². The summed E-state index contributed by atoms with van der Waals surface area (Å²) in [6, 6.07) is 0. The molecule has 1 saturated heterocycles. The number of hydrogen-bond donors (Lipinski definition) is 2. The van der Waals surface area contributed by atoms with Crippen LogP contribution >= 0.6 is 0 Å². The largest absolute Gasteiger partial charge is 0.387 e. The molecule has 0 aliphatic carbocycles. The first-order valence-electron chi connectivity index (χ1n) is 6.40. The van der Waals surface area contributed by atoms with E-state index < -0.39 is 0 Å². The molecule has 1 heterocycles. The van der Waals surface area contributed by atoms with Gasteiger partial charge in [-0.1, -0.05) is 27.7 Å². The molecular formula is C13H27N3. The van der Waals surface area contributed by atoms with Gasteiger partial charge in [0.2, 0.25) is 0 Å². The Morgan fingerprint density at radius 3 is 2.56 bits per heavy atom. The third kappa shape index (κ3) is 3.48. The molecule has 16 heavy (non-hydrogen) atoms. The SMILES string of the molecule is CC(C)C1CCN(CCC(C)(C)C(=N)N)C1. The number of nitrogens with one attached hydrogen (secondary N) is 1. The lowest BCUT2D eigenvalue weighted by Gasteiger charge is -2.26. The first kappa shape index (κ1) is 13.5. The van der Waals surface area contributed by atoms with Crippen LogP contribution in [0.5, 0.6) is 0 Å². The fourth-order valence-corrected chi connectivity index (χ4v) is 2.18. The van der Waals surface area contributed by atoms with Gasteiger partial charge in [0, 0.05) is 12.0 Å². The Balaban J connectivity index is 2.33. The summed E-state index contributed by atoms with van der Waals surface area (Å²) in [5, 5.41) is 7.54. The first-order valence-corrected chi connectivity index (χ1v) is 6.40. The number of nitrogens with two attached hydrogens (primary N) is 1. The Bertz CT molecular complexity index is 246. The fourth-order valence-electron chi connectivity index (χ4n) is 2.18. The predicted molar refractivity (Wildman–Crippen MR) is 69.7 cm³/mol. The van der Waals surface area contributed by atoms with Crippen molar-refractivity contribution in [2.24, 2.45) is 23.0 Å². The summed E-state index contributed by atoms with van der Waals surface area (Å²) in [5.41, 5.74) is 5.45. The van der Waals surface area contributed by atoms with E-state index in [1.165, 1.54) is 19.5 Å². The molecule has 0 aromatic rings. The second-order valence-electron chi connectivity index (χ2n) is 6.14. The van der Waals surface area contributed by atoms with Crippen LogP contribution in [0.3, 0.4) is 0 Å². The van der Waals surface area contributed by atoms with Gasteiger partial charge in [-0.2, -0.15) is 0 Å². The van der Waals surface area contributed by atoms with E-state index in [-0.39, 0.29) is 5.41 Å². The van der Waals surface area contributed by atoms with Gasteiger partial charge in [0.15, 0.2) is 0 Å². The standard InChI is InChI=1S/C13H27N3/c1-10(2)11-5-7-16(9-11)8-6-13(3,4)12(14)15/h10-11H,5-9H2,1-4H3,(H3,14,15). The molecular weight excluding hydrogens is 198 g/mol. The molecule has 1 rings (SSSR count). The topological polar surface area (TPSA) is 53.1 Å². The number of rotatable bonds is 5. The molecule has 0 aromatic carbocycles. The van der Waals surface area contributed by atoms with Crippen molar-refractivity contribution in [3.8, 4) is 0 Å². The average molecular weight is 225 g/mol. The maximum absolute atomic E-state index is 7.54. The van der Waals surface area contributed by atoms with Crippen molar-refractivity contribution in [2.75, 3.05) is 19.6 Å². The molecule has 3 nitrogen and oxygen atoms in total. The Morgan fingerprint density at radius 1 is 1.50 bits per heavy atom. The predicted octanol–water partition coefficient (Wildman–Crippen LogP) is 2.32. The molecule has 0 radical (unpaired) electrons. The quantitative estimate of drug-likeness (QED) is 0.557. The van der Waals surface area contributed by atoms with Gasteiger partial charge in [0.25, 0.3) is 0 Å². The lowest BCUT2D eigenvalue weighted by molar-refractivity contribution is 0.271. The zero-order valence-electron chi connectivity index (χ0n) is 11.2.